The molecule has 1 saturated heterocycles. The third kappa shape index (κ3) is 9.27. The standard InChI is InChI=1S/C40H46N6O4.C7H4ClNO/c1-39(2)25-40(3,4)37(39)44-35(47)27-22-42-38(43-23-27)46-18-14-26(15-19-46)16-20-49-28-9-8-10-29(21-28)50-33-12-7-6-11-30(33)32-24-45(5)36(48)34-31(32)13-17-41-34;8-7-3-6(10)2-1-5(7)4-9/h6-13,17,21-24,26,37,41H,14-16,18-20,25H2,1-5H3,(H,44,47);1-3,10H. The van der Waals surface area contributed by atoms with E-state index in [1.807, 2.05) is 66.9 Å². The summed E-state index contributed by atoms with van der Waals surface area (Å²) >= 11 is 5.55. The molecule has 60 heavy (non-hydrogen) atoms. The summed E-state index contributed by atoms with van der Waals surface area (Å²) in [5, 5.41) is 21.6. The number of aryl methyl sites for hydroxylation is 1. The molecule has 1 amide bonds. The number of nitrogens with zero attached hydrogens (tertiary/aromatic N) is 5. The first-order chi connectivity index (χ1) is 28.7. The summed E-state index contributed by atoms with van der Waals surface area (Å²) in [4.78, 5) is 39.9. The number of hydrogen-bond donors (Lipinski definition) is 3. The summed E-state index contributed by atoms with van der Waals surface area (Å²) < 4.78 is 14.2. The molecule has 2 fully saturated rings. The van der Waals surface area contributed by atoms with Crippen LogP contribution in [0.4, 0.5) is 5.95 Å². The van der Waals surface area contributed by atoms with Gasteiger partial charge in [0.2, 0.25) is 5.95 Å². The number of carbonyl (C=O) groups is 1. The average molecular weight is 828 g/mol. The van der Waals surface area contributed by atoms with Crippen molar-refractivity contribution in [1.82, 2.24) is 24.8 Å². The highest BCUT2D eigenvalue weighted by atomic mass is 35.5. The zero-order valence-electron chi connectivity index (χ0n) is 34.5. The molecule has 8 rings (SSSR count). The lowest BCUT2D eigenvalue weighted by Crippen LogP contribution is -2.63. The third-order valence-electron chi connectivity index (χ3n) is 11.5. The van der Waals surface area contributed by atoms with Gasteiger partial charge in [-0.3, -0.25) is 9.59 Å². The number of anilines is 1. The summed E-state index contributed by atoms with van der Waals surface area (Å²) in [5.41, 5.74) is 3.37. The molecule has 1 aliphatic heterocycles. The number of para-hydroxylation sites is 1. The van der Waals surface area contributed by atoms with Crippen LogP contribution in [0, 0.1) is 28.1 Å². The van der Waals surface area contributed by atoms with E-state index in [0.717, 1.165) is 61.0 Å². The number of H-pyrrole nitrogens is 1. The van der Waals surface area contributed by atoms with Crippen LogP contribution in [0.15, 0.2) is 102 Å². The first-order valence-electron chi connectivity index (χ1n) is 20.2. The number of amides is 1. The fourth-order valence-electron chi connectivity index (χ4n) is 8.89. The maximum atomic E-state index is 12.9. The predicted octanol–water partition coefficient (Wildman–Crippen LogP) is 9.27. The van der Waals surface area contributed by atoms with Crippen LogP contribution in [-0.2, 0) is 7.05 Å². The Hall–Kier alpha value is -6.32. The van der Waals surface area contributed by atoms with Crippen molar-refractivity contribution in [3.63, 3.8) is 0 Å². The second-order valence-corrected chi connectivity index (χ2v) is 17.4. The Morgan fingerprint density at radius 3 is 2.40 bits per heavy atom. The predicted molar refractivity (Wildman–Crippen MR) is 234 cm³/mol. The van der Waals surface area contributed by atoms with Gasteiger partial charge in [-0.2, -0.15) is 5.26 Å². The number of benzene rings is 3. The Bertz CT molecular complexity index is 2570. The molecule has 2 aliphatic rings. The fourth-order valence-corrected chi connectivity index (χ4v) is 9.11. The second-order valence-electron chi connectivity index (χ2n) is 17.0. The number of aromatic hydroxyl groups is 1. The summed E-state index contributed by atoms with van der Waals surface area (Å²) in [5.74, 6) is 3.32. The van der Waals surface area contributed by atoms with Crippen molar-refractivity contribution in [2.75, 3.05) is 24.6 Å². The number of piperidine rings is 1. The number of phenols is 1. The highest BCUT2D eigenvalue weighted by molar-refractivity contribution is 6.31. The van der Waals surface area contributed by atoms with Gasteiger partial charge in [0.25, 0.3) is 11.5 Å². The maximum Gasteiger partial charge on any atom is 0.274 e. The number of nitrogens with one attached hydrogen (secondary N) is 2. The van der Waals surface area contributed by atoms with Gasteiger partial charge >= 0.3 is 0 Å². The topological polar surface area (TPSA) is 158 Å². The number of fused-ring (bicyclic) bond motifs is 1. The van der Waals surface area contributed by atoms with Crippen molar-refractivity contribution in [3.05, 3.63) is 124 Å². The lowest BCUT2D eigenvalue weighted by molar-refractivity contribution is -0.0366. The lowest BCUT2D eigenvalue weighted by atomic mass is 9.52. The van der Waals surface area contributed by atoms with E-state index in [0.29, 0.717) is 46.6 Å². The van der Waals surface area contributed by atoms with Gasteiger partial charge in [-0.15, -0.1) is 0 Å². The van der Waals surface area contributed by atoms with Gasteiger partial charge in [0.15, 0.2) is 0 Å². The van der Waals surface area contributed by atoms with Crippen molar-refractivity contribution < 1.29 is 19.4 Å². The molecule has 0 spiro atoms. The molecule has 4 heterocycles. The Balaban J connectivity index is 0.000000478. The first-order valence-corrected chi connectivity index (χ1v) is 20.5. The van der Waals surface area contributed by atoms with Gasteiger partial charge in [0, 0.05) is 73.5 Å². The average Bonchev–Trinajstić information content (AvgIpc) is 3.73. The first kappa shape index (κ1) is 41.8. The van der Waals surface area contributed by atoms with Gasteiger partial charge in [-0.05, 0) is 84.9 Å². The molecule has 6 aromatic rings. The molecule has 12 nitrogen and oxygen atoms in total. The van der Waals surface area contributed by atoms with E-state index >= 15 is 0 Å². The normalized spacial score (nSPS) is 15.9. The number of aromatic nitrogens is 4. The molecule has 0 radical (unpaired) electrons. The molecular formula is C47H50ClN7O5. The van der Waals surface area contributed by atoms with Crippen LogP contribution in [0.25, 0.3) is 22.0 Å². The molecule has 3 aromatic carbocycles. The van der Waals surface area contributed by atoms with Gasteiger partial charge in [0.1, 0.15) is 34.6 Å². The second kappa shape index (κ2) is 17.5. The van der Waals surface area contributed by atoms with E-state index in [1.54, 1.807) is 30.2 Å². The van der Waals surface area contributed by atoms with Gasteiger partial charge < -0.3 is 34.3 Å². The molecule has 3 aromatic heterocycles. The largest absolute Gasteiger partial charge is 0.508 e. The van der Waals surface area contributed by atoms with Crippen LogP contribution in [0.2, 0.25) is 5.02 Å². The van der Waals surface area contributed by atoms with E-state index in [2.05, 4.69) is 52.9 Å². The number of halogens is 1. The Labute approximate surface area is 354 Å². The van der Waals surface area contributed by atoms with Gasteiger partial charge in [-0.1, -0.05) is 63.6 Å². The Morgan fingerprint density at radius 1 is 0.983 bits per heavy atom. The smallest absolute Gasteiger partial charge is 0.274 e. The number of nitriles is 1. The minimum Gasteiger partial charge on any atom is -0.508 e. The van der Waals surface area contributed by atoms with Crippen molar-refractivity contribution in [2.45, 2.75) is 59.4 Å². The molecule has 0 unspecified atom stereocenters. The molecule has 0 atom stereocenters. The van der Waals surface area contributed by atoms with Crippen LogP contribution >= 0.6 is 11.6 Å². The van der Waals surface area contributed by atoms with Gasteiger partial charge in [0.05, 0.1) is 22.8 Å². The molecule has 1 saturated carbocycles. The van der Waals surface area contributed by atoms with E-state index in [4.69, 9.17) is 31.4 Å². The SMILES string of the molecule is Cn1cc(-c2ccccc2Oc2cccc(OCCC3CCN(c4ncc(C(=O)NC5C(C)(C)CC5(C)C)cn4)CC3)c2)c2cc[nH]c2c1=O.N#Cc1ccc(O)cc1Cl. The highest BCUT2D eigenvalue weighted by Crippen LogP contribution is 2.53. The van der Waals surface area contributed by atoms with Crippen LogP contribution in [0.1, 0.15) is 69.3 Å². The molecule has 3 N–H and O–H groups in total. The minimum absolute atomic E-state index is 0.0683. The molecule has 310 valence electrons. The van der Waals surface area contributed by atoms with Crippen LogP contribution in [-0.4, -0.2) is 56.3 Å². The monoisotopic (exact) mass is 827 g/mol. The molecule has 13 heteroatoms. The van der Waals surface area contributed by atoms with Gasteiger partial charge in [-0.25, -0.2) is 9.97 Å². The van der Waals surface area contributed by atoms with Crippen molar-refractivity contribution >= 4 is 34.4 Å². The number of pyridine rings is 1. The summed E-state index contributed by atoms with van der Waals surface area (Å²) in [7, 11) is 1.76. The quantitative estimate of drug-likeness (QED) is 0.122. The van der Waals surface area contributed by atoms with E-state index in [9.17, 15) is 9.59 Å². The highest BCUT2D eigenvalue weighted by Gasteiger charge is 2.53. The maximum absolute atomic E-state index is 12.9. The van der Waals surface area contributed by atoms with Crippen molar-refractivity contribution in [3.8, 4) is 40.2 Å². The fraction of sp³-hybridized carbons (Fsp3) is 0.340. The van der Waals surface area contributed by atoms with Crippen molar-refractivity contribution in [1.29, 1.82) is 5.26 Å². The number of rotatable bonds is 10. The number of carbonyl (C=O) groups excluding carboxylic acids is 1. The van der Waals surface area contributed by atoms with Crippen LogP contribution in [0.3, 0.4) is 0 Å². The Kier molecular flexibility index (Phi) is 12.2. The summed E-state index contributed by atoms with van der Waals surface area (Å²) in [6, 6.07) is 23.7. The van der Waals surface area contributed by atoms with E-state index < -0.39 is 0 Å². The minimum atomic E-state index is -0.109. The van der Waals surface area contributed by atoms with E-state index in [-0.39, 0.29) is 39.1 Å². The summed E-state index contributed by atoms with van der Waals surface area (Å²) in [6.45, 7) is 11.2. The summed E-state index contributed by atoms with van der Waals surface area (Å²) in [6.07, 6.45) is 11.0. The van der Waals surface area contributed by atoms with Crippen molar-refractivity contribution in [2.24, 2.45) is 23.8 Å². The van der Waals surface area contributed by atoms with Crippen LogP contribution < -0.4 is 25.2 Å². The Morgan fingerprint density at radius 2 is 1.70 bits per heavy atom. The molecule has 1 aliphatic carbocycles. The number of phenolic OH excluding ortho intramolecular Hbond substituents is 1. The number of hydrogen-bond acceptors (Lipinski definition) is 9. The third-order valence-corrected chi connectivity index (χ3v) is 11.8. The van der Waals surface area contributed by atoms with Crippen LogP contribution in [0.5, 0.6) is 23.0 Å². The number of aromatic amines is 1. The molecule has 0 bridgehead atoms. The zero-order valence-corrected chi connectivity index (χ0v) is 35.3. The zero-order chi connectivity index (χ0) is 42.6. The molecular weight excluding hydrogens is 778 g/mol. The number of ether oxygens (including phenoxy) is 2. The van der Waals surface area contributed by atoms with E-state index in [1.165, 1.54) is 18.2 Å². The lowest BCUT2D eigenvalue weighted by Gasteiger charge is -2.57.